The van der Waals surface area contributed by atoms with E-state index in [-0.39, 0.29) is 5.91 Å². The Balaban J connectivity index is 2.08. The molecular formula is C13H27N3O. The second kappa shape index (κ2) is 7.67. The molecule has 100 valence electrons. The first-order chi connectivity index (χ1) is 8.11. The minimum Gasteiger partial charge on any atom is -0.356 e. The lowest BCUT2D eigenvalue weighted by atomic mass is 9.92. The van der Waals surface area contributed by atoms with E-state index in [2.05, 4.69) is 24.1 Å². The Hall–Kier alpha value is -0.610. The molecule has 2 atom stereocenters. The summed E-state index contributed by atoms with van der Waals surface area (Å²) in [6.45, 7) is 9.38. The summed E-state index contributed by atoms with van der Waals surface area (Å²) in [5.41, 5.74) is 5.31. The van der Waals surface area contributed by atoms with Gasteiger partial charge in [-0.1, -0.05) is 13.8 Å². The highest BCUT2D eigenvalue weighted by Gasteiger charge is 2.20. The summed E-state index contributed by atoms with van der Waals surface area (Å²) in [7, 11) is 0. The molecule has 0 saturated carbocycles. The van der Waals surface area contributed by atoms with Gasteiger partial charge < -0.3 is 16.0 Å². The highest BCUT2D eigenvalue weighted by molar-refractivity contribution is 5.75. The summed E-state index contributed by atoms with van der Waals surface area (Å²) in [4.78, 5) is 13.7. The summed E-state index contributed by atoms with van der Waals surface area (Å²) in [5, 5.41) is 2.90. The highest BCUT2D eigenvalue weighted by Crippen LogP contribution is 2.20. The van der Waals surface area contributed by atoms with E-state index in [1.54, 1.807) is 0 Å². The summed E-state index contributed by atoms with van der Waals surface area (Å²) >= 11 is 0. The molecule has 0 aliphatic carbocycles. The van der Waals surface area contributed by atoms with E-state index < -0.39 is 0 Å². The summed E-state index contributed by atoms with van der Waals surface area (Å²) in [6, 6.07) is 0. The fraction of sp³-hybridized carbons (Fsp3) is 0.923. The molecule has 1 aliphatic rings. The van der Waals surface area contributed by atoms with Gasteiger partial charge in [0.15, 0.2) is 0 Å². The van der Waals surface area contributed by atoms with Crippen LogP contribution >= 0.6 is 0 Å². The normalized spacial score (nSPS) is 25.8. The van der Waals surface area contributed by atoms with Crippen LogP contribution in [-0.4, -0.2) is 43.5 Å². The zero-order valence-electron chi connectivity index (χ0n) is 11.2. The topological polar surface area (TPSA) is 58.4 Å². The molecule has 1 heterocycles. The van der Waals surface area contributed by atoms with Crippen LogP contribution in [0.3, 0.4) is 0 Å². The molecule has 1 aliphatic heterocycles. The van der Waals surface area contributed by atoms with Crippen molar-refractivity contribution in [3.63, 3.8) is 0 Å². The van der Waals surface area contributed by atoms with E-state index >= 15 is 0 Å². The van der Waals surface area contributed by atoms with Crippen LogP contribution in [0, 0.1) is 11.8 Å². The van der Waals surface area contributed by atoms with Gasteiger partial charge in [0.1, 0.15) is 0 Å². The maximum Gasteiger partial charge on any atom is 0.221 e. The fourth-order valence-electron chi connectivity index (χ4n) is 2.72. The number of likely N-dealkylation sites (tertiary alicyclic amines) is 1. The molecule has 1 rings (SSSR count). The molecule has 17 heavy (non-hydrogen) atoms. The first-order valence-electron chi connectivity index (χ1n) is 6.81. The van der Waals surface area contributed by atoms with Gasteiger partial charge in [-0.05, 0) is 31.2 Å². The average molecular weight is 241 g/mol. The van der Waals surface area contributed by atoms with Crippen LogP contribution in [-0.2, 0) is 4.79 Å². The lowest BCUT2D eigenvalue weighted by Gasteiger charge is -2.34. The second-order valence-electron chi connectivity index (χ2n) is 5.45. The first-order valence-corrected chi connectivity index (χ1v) is 6.81. The van der Waals surface area contributed by atoms with Crippen molar-refractivity contribution in [3.8, 4) is 0 Å². The van der Waals surface area contributed by atoms with Gasteiger partial charge >= 0.3 is 0 Å². The van der Waals surface area contributed by atoms with Crippen molar-refractivity contribution in [1.29, 1.82) is 0 Å². The van der Waals surface area contributed by atoms with E-state index in [0.717, 1.165) is 31.3 Å². The van der Waals surface area contributed by atoms with Crippen LogP contribution in [0.15, 0.2) is 0 Å². The van der Waals surface area contributed by atoms with E-state index in [0.29, 0.717) is 13.0 Å². The number of rotatable bonds is 6. The van der Waals surface area contributed by atoms with Gasteiger partial charge in [0.2, 0.25) is 5.91 Å². The first kappa shape index (κ1) is 14.5. The van der Waals surface area contributed by atoms with E-state index in [9.17, 15) is 4.79 Å². The third-order valence-corrected chi connectivity index (χ3v) is 3.29. The molecule has 0 spiro atoms. The molecule has 4 nitrogen and oxygen atoms in total. The summed E-state index contributed by atoms with van der Waals surface area (Å²) < 4.78 is 0. The molecule has 1 saturated heterocycles. The lowest BCUT2D eigenvalue weighted by Crippen LogP contribution is -2.40. The lowest BCUT2D eigenvalue weighted by molar-refractivity contribution is -0.120. The van der Waals surface area contributed by atoms with Crippen molar-refractivity contribution >= 4 is 5.91 Å². The van der Waals surface area contributed by atoms with Gasteiger partial charge in [0, 0.05) is 32.6 Å². The number of carbonyl (C=O) groups excluding carboxylic acids is 1. The van der Waals surface area contributed by atoms with Crippen molar-refractivity contribution in [1.82, 2.24) is 10.2 Å². The standard InChI is InChI=1S/C13H27N3O/c1-11-8-12(2)10-16(9-11)7-3-6-15-13(17)4-5-14/h11-12H,3-10,14H2,1-2H3,(H,15,17). The number of hydrogen-bond donors (Lipinski definition) is 2. The van der Waals surface area contributed by atoms with E-state index in [1.807, 2.05) is 0 Å². The Morgan fingerprint density at radius 3 is 2.59 bits per heavy atom. The third kappa shape index (κ3) is 6.03. The molecule has 0 aromatic rings. The number of nitrogens with two attached hydrogens (primary N) is 1. The largest absolute Gasteiger partial charge is 0.356 e. The van der Waals surface area contributed by atoms with Crippen molar-refractivity contribution in [2.75, 3.05) is 32.7 Å². The predicted molar refractivity (Wildman–Crippen MR) is 70.7 cm³/mol. The van der Waals surface area contributed by atoms with Gasteiger partial charge in [-0.15, -0.1) is 0 Å². The number of nitrogens with one attached hydrogen (secondary N) is 1. The number of piperidine rings is 1. The van der Waals surface area contributed by atoms with Gasteiger partial charge in [0.05, 0.1) is 0 Å². The van der Waals surface area contributed by atoms with Crippen LogP contribution in [0.1, 0.15) is 33.1 Å². The Bertz CT molecular complexity index is 223. The minimum absolute atomic E-state index is 0.0767. The minimum atomic E-state index is 0.0767. The predicted octanol–water partition coefficient (Wildman–Crippen LogP) is 0.819. The highest BCUT2D eigenvalue weighted by atomic mass is 16.1. The Morgan fingerprint density at radius 2 is 2.00 bits per heavy atom. The van der Waals surface area contributed by atoms with Gasteiger partial charge in [0.25, 0.3) is 0 Å². The quantitative estimate of drug-likeness (QED) is 0.677. The molecule has 0 radical (unpaired) electrons. The van der Waals surface area contributed by atoms with Crippen LogP contribution in [0.5, 0.6) is 0 Å². The van der Waals surface area contributed by atoms with Crippen LogP contribution < -0.4 is 11.1 Å². The van der Waals surface area contributed by atoms with E-state index in [4.69, 9.17) is 5.73 Å². The van der Waals surface area contributed by atoms with Gasteiger partial charge in [-0.3, -0.25) is 4.79 Å². The Morgan fingerprint density at radius 1 is 1.35 bits per heavy atom. The molecule has 0 aromatic carbocycles. The average Bonchev–Trinajstić information content (AvgIpc) is 2.23. The molecular weight excluding hydrogens is 214 g/mol. The third-order valence-electron chi connectivity index (χ3n) is 3.29. The number of carbonyl (C=O) groups is 1. The molecule has 4 heteroatoms. The maximum atomic E-state index is 11.2. The molecule has 0 bridgehead atoms. The Kier molecular flexibility index (Phi) is 6.52. The molecule has 0 aromatic heterocycles. The Labute approximate surface area is 105 Å². The number of nitrogens with zero attached hydrogens (tertiary/aromatic N) is 1. The maximum absolute atomic E-state index is 11.2. The van der Waals surface area contributed by atoms with Crippen molar-refractivity contribution in [2.24, 2.45) is 17.6 Å². The van der Waals surface area contributed by atoms with Crippen molar-refractivity contribution in [2.45, 2.75) is 33.1 Å². The van der Waals surface area contributed by atoms with Crippen LogP contribution in [0.25, 0.3) is 0 Å². The smallest absolute Gasteiger partial charge is 0.221 e. The van der Waals surface area contributed by atoms with Gasteiger partial charge in [-0.25, -0.2) is 0 Å². The monoisotopic (exact) mass is 241 g/mol. The molecule has 1 fully saturated rings. The van der Waals surface area contributed by atoms with E-state index in [1.165, 1.54) is 19.5 Å². The van der Waals surface area contributed by atoms with Crippen molar-refractivity contribution < 1.29 is 4.79 Å². The zero-order chi connectivity index (χ0) is 12.7. The molecule has 2 unspecified atom stereocenters. The summed E-state index contributed by atoms with van der Waals surface area (Å²) in [5.74, 6) is 1.70. The molecule has 3 N–H and O–H groups in total. The number of hydrogen-bond acceptors (Lipinski definition) is 3. The zero-order valence-corrected chi connectivity index (χ0v) is 11.2. The van der Waals surface area contributed by atoms with Crippen molar-refractivity contribution in [3.05, 3.63) is 0 Å². The summed E-state index contributed by atoms with van der Waals surface area (Å²) in [6.07, 6.45) is 2.83. The molecule has 1 amide bonds. The number of amides is 1. The van der Waals surface area contributed by atoms with Gasteiger partial charge in [-0.2, -0.15) is 0 Å². The van der Waals surface area contributed by atoms with Crippen LogP contribution in [0.4, 0.5) is 0 Å². The SMILES string of the molecule is CC1CC(C)CN(CCCNC(=O)CCN)C1. The second-order valence-corrected chi connectivity index (χ2v) is 5.45. The van der Waals surface area contributed by atoms with Crippen LogP contribution in [0.2, 0.25) is 0 Å². The fourth-order valence-corrected chi connectivity index (χ4v) is 2.72.